The number of carbonyl (C=O) groups is 1. The van der Waals surface area contributed by atoms with E-state index in [0.717, 1.165) is 25.8 Å². The zero-order chi connectivity index (χ0) is 12.0. The molecule has 2 aliphatic heterocycles. The lowest BCUT2D eigenvalue weighted by Crippen LogP contribution is -2.50. The maximum absolute atomic E-state index is 11.5. The van der Waals surface area contributed by atoms with Crippen molar-refractivity contribution in [3.05, 3.63) is 0 Å². The van der Waals surface area contributed by atoms with Crippen LogP contribution in [0.25, 0.3) is 0 Å². The van der Waals surface area contributed by atoms with E-state index < -0.39 is 0 Å². The van der Waals surface area contributed by atoms with Gasteiger partial charge in [0.1, 0.15) is 5.78 Å². The van der Waals surface area contributed by atoms with Crippen molar-refractivity contribution >= 4 is 5.78 Å². The fraction of sp³-hybridized carbons (Fsp3) is 0.923. The first-order chi connectivity index (χ1) is 7.30. The minimum Gasteiger partial charge on any atom is -0.368 e. The van der Waals surface area contributed by atoms with Crippen LogP contribution in [0.2, 0.25) is 0 Å². The van der Waals surface area contributed by atoms with Gasteiger partial charge in [0.05, 0.1) is 17.7 Å². The Labute approximate surface area is 98.1 Å². The molecule has 0 aliphatic carbocycles. The van der Waals surface area contributed by atoms with Crippen molar-refractivity contribution < 1.29 is 9.53 Å². The summed E-state index contributed by atoms with van der Waals surface area (Å²) in [6, 6.07) is 0.381. The highest BCUT2D eigenvalue weighted by Crippen LogP contribution is 2.40. The van der Waals surface area contributed by atoms with E-state index in [4.69, 9.17) is 4.74 Å². The molecule has 1 unspecified atom stereocenters. The Kier molecular flexibility index (Phi) is 2.87. The topological polar surface area (TPSA) is 29.5 Å². The van der Waals surface area contributed by atoms with Gasteiger partial charge in [0, 0.05) is 12.5 Å². The van der Waals surface area contributed by atoms with E-state index in [2.05, 4.69) is 32.6 Å². The molecule has 2 rings (SSSR count). The number of carbonyl (C=O) groups excluding carboxylic acids is 1. The van der Waals surface area contributed by atoms with Crippen molar-refractivity contribution in [1.29, 1.82) is 0 Å². The molecule has 3 heteroatoms. The van der Waals surface area contributed by atoms with Gasteiger partial charge in [0.2, 0.25) is 0 Å². The van der Waals surface area contributed by atoms with Crippen LogP contribution in [0, 0.1) is 0 Å². The largest absolute Gasteiger partial charge is 0.368 e. The van der Waals surface area contributed by atoms with Gasteiger partial charge in [-0.25, -0.2) is 0 Å². The number of ketones is 1. The summed E-state index contributed by atoms with van der Waals surface area (Å²) in [5.74, 6) is 0.381. The molecule has 92 valence electrons. The number of piperidine rings is 1. The highest BCUT2D eigenvalue weighted by atomic mass is 16.5. The predicted molar refractivity (Wildman–Crippen MR) is 63.5 cm³/mol. The standard InChI is InChI=1S/C13H23NO2/c1-12(2)8-11(13(3,4)16-12)14-7-5-6-10(15)9-14/h11H,5-9H2,1-4H3. The van der Waals surface area contributed by atoms with Gasteiger partial charge in [0.25, 0.3) is 0 Å². The molecule has 0 aromatic rings. The molecule has 0 radical (unpaired) electrons. The number of rotatable bonds is 1. The van der Waals surface area contributed by atoms with Gasteiger partial charge in [-0.1, -0.05) is 0 Å². The molecule has 0 amide bonds. The summed E-state index contributed by atoms with van der Waals surface area (Å²) in [5.41, 5.74) is -0.199. The van der Waals surface area contributed by atoms with E-state index >= 15 is 0 Å². The summed E-state index contributed by atoms with van der Waals surface area (Å²) in [5, 5.41) is 0. The second-order valence-electron chi connectivity index (χ2n) is 6.30. The van der Waals surface area contributed by atoms with Crippen LogP contribution >= 0.6 is 0 Å². The zero-order valence-electron chi connectivity index (χ0n) is 10.9. The SMILES string of the molecule is CC1(C)CC(N2CCCC(=O)C2)C(C)(C)O1. The monoisotopic (exact) mass is 225 g/mol. The van der Waals surface area contributed by atoms with Gasteiger partial charge >= 0.3 is 0 Å². The number of hydrogen-bond donors (Lipinski definition) is 0. The molecular formula is C13H23NO2. The Bertz CT molecular complexity index is 296. The summed E-state index contributed by atoms with van der Waals surface area (Å²) in [7, 11) is 0. The molecule has 2 heterocycles. The summed E-state index contributed by atoms with van der Waals surface area (Å²) >= 11 is 0. The maximum atomic E-state index is 11.5. The van der Waals surface area contributed by atoms with Crippen LogP contribution in [0.4, 0.5) is 0 Å². The van der Waals surface area contributed by atoms with Crippen molar-refractivity contribution in [3.8, 4) is 0 Å². The number of nitrogens with zero attached hydrogens (tertiary/aromatic N) is 1. The molecule has 1 atom stereocenters. The lowest BCUT2D eigenvalue weighted by atomic mass is 9.91. The maximum Gasteiger partial charge on any atom is 0.146 e. The van der Waals surface area contributed by atoms with Gasteiger partial charge < -0.3 is 4.74 Å². The van der Waals surface area contributed by atoms with Crippen molar-refractivity contribution in [1.82, 2.24) is 4.90 Å². The molecule has 2 aliphatic rings. The van der Waals surface area contributed by atoms with Gasteiger partial charge in [0.15, 0.2) is 0 Å². The molecular weight excluding hydrogens is 202 g/mol. The van der Waals surface area contributed by atoms with E-state index in [-0.39, 0.29) is 11.2 Å². The molecule has 0 aromatic carbocycles. The third-order valence-corrected chi connectivity index (χ3v) is 3.75. The minimum absolute atomic E-state index is 0.0609. The fourth-order valence-electron chi connectivity index (χ4n) is 3.23. The Morgan fingerprint density at radius 3 is 2.50 bits per heavy atom. The normalized spacial score (nSPS) is 34.2. The molecule has 2 fully saturated rings. The highest BCUT2D eigenvalue weighted by Gasteiger charge is 2.48. The van der Waals surface area contributed by atoms with E-state index in [0.29, 0.717) is 18.4 Å². The molecule has 0 N–H and O–H groups in total. The lowest BCUT2D eigenvalue weighted by Gasteiger charge is -2.37. The van der Waals surface area contributed by atoms with Crippen LogP contribution in [0.1, 0.15) is 47.0 Å². The van der Waals surface area contributed by atoms with Crippen molar-refractivity contribution in [2.24, 2.45) is 0 Å². The molecule has 0 spiro atoms. The lowest BCUT2D eigenvalue weighted by molar-refractivity contribution is -0.124. The third-order valence-electron chi connectivity index (χ3n) is 3.75. The number of Topliss-reactive ketones (excluding diaryl/α,β-unsaturated/α-hetero) is 1. The average molecular weight is 225 g/mol. The van der Waals surface area contributed by atoms with E-state index in [1.54, 1.807) is 0 Å². The van der Waals surface area contributed by atoms with Crippen LogP contribution in [0.15, 0.2) is 0 Å². The summed E-state index contributed by atoms with van der Waals surface area (Å²) in [6.07, 6.45) is 2.78. The Hall–Kier alpha value is -0.410. The van der Waals surface area contributed by atoms with Gasteiger partial charge in [-0.2, -0.15) is 0 Å². The Morgan fingerprint density at radius 1 is 1.31 bits per heavy atom. The minimum atomic E-state index is -0.138. The van der Waals surface area contributed by atoms with Crippen molar-refractivity contribution in [2.45, 2.75) is 64.2 Å². The molecule has 0 saturated carbocycles. The third kappa shape index (κ3) is 2.30. The van der Waals surface area contributed by atoms with Crippen LogP contribution in [0.5, 0.6) is 0 Å². The van der Waals surface area contributed by atoms with Crippen LogP contribution in [-0.2, 0) is 9.53 Å². The van der Waals surface area contributed by atoms with Gasteiger partial charge in [-0.15, -0.1) is 0 Å². The summed E-state index contributed by atoms with van der Waals surface area (Å²) in [4.78, 5) is 13.8. The average Bonchev–Trinajstić information content (AvgIpc) is 2.34. The second kappa shape index (κ2) is 3.81. The van der Waals surface area contributed by atoms with Crippen LogP contribution in [-0.4, -0.2) is 41.0 Å². The van der Waals surface area contributed by atoms with E-state index in [1.165, 1.54) is 0 Å². The quantitative estimate of drug-likeness (QED) is 0.683. The molecule has 0 aromatic heterocycles. The summed E-state index contributed by atoms with van der Waals surface area (Å²) in [6.45, 7) is 10.2. The first-order valence-electron chi connectivity index (χ1n) is 6.26. The Balaban J connectivity index is 2.11. The van der Waals surface area contributed by atoms with Crippen molar-refractivity contribution in [2.75, 3.05) is 13.1 Å². The highest BCUT2D eigenvalue weighted by molar-refractivity contribution is 5.81. The summed E-state index contributed by atoms with van der Waals surface area (Å²) < 4.78 is 6.08. The zero-order valence-corrected chi connectivity index (χ0v) is 10.9. The number of ether oxygens (including phenoxy) is 1. The fourth-order valence-corrected chi connectivity index (χ4v) is 3.23. The van der Waals surface area contributed by atoms with E-state index in [9.17, 15) is 4.79 Å². The number of likely N-dealkylation sites (tertiary alicyclic amines) is 1. The second-order valence-corrected chi connectivity index (χ2v) is 6.30. The molecule has 0 bridgehead atoms. The van der Waals surface area contributed by atoms with Crippen LogP contribution < -0.4 is 0 Å². The number of hydrogen-bond acceptors (Lipinski definition) is 3. The first kappa shape index (κ1) is 12.1. The predicted octanol–water partition coefficient (Wildman–Crippen LogP) is 2.00. The molecule has 16 heavy (non-hydrogen) atoms. The molecule has 3 nitrogen and oxygen atoms in total. The first-order valence-corrected chi connectivity index (χ1v) is 6.26. The van der Waals surface area contributed by atoms with Crippen LogP contribution in [0.3, 0.4) is 0 Å². The Morgan fingerprint density at radius 2 is 2.00 bits per heavy atom. The van der Waals surface area contributed by atoms with Gasteiger partial charge in [-0.05, 0) is 47.1 Å². The smallest absolute Gasteiger partial charge is 0.146 e. The van der Waals surface area contributed by atoms with Gasteiger partial charge in [-0.3, -0.25) is 9.69 Å². The van der Waals surface area contributed by atoms with E-state index in [1.807, 2.05) is 0 Å². The molecule has 2 saturated heterocycles. The van der Waals surface area contributed by atoms with Crippen molar-refractivity contribution in [3.63, 3.8) is 0 Å².